The van der Waals surface area contributed by atoms with Crippen LogP contribution in [0.3, 0.4) is 0 Å². The lowest BCUT2D eigenvalue weighted by Gasteiger charge is -2.18. The fraction of sp³-hybridized carbons (Fsp3) is 0.533. The van der Waals surface area contributed by atoms with Gasteiger partial charge in [-0.3, -0.25) is 0 Å². The number of hydrogen-bond acceptors (Lipinski definition) is 2. The van der Waals surface area contributed by atoms with E-state index in [1.54, 1.807) is 0 Å². The van der Waals surface area contributed by atoms with E-state index in [0.717, 1.165) is 19.3 Å². The third kappa shape index (κ3) is 3.70. The molecule has 0 heterocycles. The predicted octanol–water partition coefficient (Wildman–Crippen LogP) is 2.13. The zero-order valence-corrected chi connectivity index (χ0v) is 11.4. The summed E-state index contributed by atoms with van der Waals surface area (Å²) in [5.74, 6) is 0. The average Bonchev–Trinajstić information content (AvgIpc) is 2.80. The number of aryl methyl sites for hydroxylation is 1. The SMILES string of the molecule is CC(CCCO)NC(=O)NC1CCc2ccccc21. The molecule has 1 aliphatic rings. The van der Waals surface area contributed by atoms with E-state index < -0.39 is 0 Å². The van der Waals surface area contributed by atoms with E-state index in [2.05, 4.69) is 22.8 Å². The molecule has 3 N–H and O–H groups in total. The van der Waals surface area contributed by atoms with Crippen molar-refractivity contribution in [1.82, 2.24) is 10.6 Å². The molecule has 0 fully saturated rings. The smallest absolute Gasteiger partial charge is 0.315 e. The molecule has 2 atom stereocenters. The summed E-state index contributed by atoms with van der Waals surface area (Å²) in [4.78, 5) is 11.9. The Kier molecular flexibility index (Phi) is 4.80. The van der Waals surface area contributed by atoms with Gasteiger partial charge in [-0.15, -0.1) is 0 Å². The molecule has 0 aliphatic heterocycles. The van der Waals surface area contributed by atoms with Crippen LogP contribution in [0.15, 0.2) is 24.3 Å². The van der Waals surface area contributed by atoms with Crippen molar-refractivity contribution in [2.24, 2.45) is 0 Å². The van der Waals surface area contributed by atoms with E-state index in [1.165, 1.54) is 11.1 Å². The zero-order chi connectivity index (χ0) is 13.7. The van der Waals surface area contributed by atoms with Gasteiger partial charge in [0.15, 0.2) is 0 Å². The molecule has 0 saturated heterocycles. The Balaban J connectivity index is 1.84. The molecule has 0 spiro atoms. The maximum absolute atomic E-state index is 11.9. The second-order valence-electron chi connectivity index (χ2n) is 5.17. The highest BCUT2D eigenvalue weighted by molar-refractivity contribution is 5.75. The zero-order valence-electron chi connectivity index (χ0n) is 11.4. The molecule has 0 bridgehead atoms. The quantitative estimate of drug-likeness (QED) is 0.761. The molecule has 2 amide bonds. The number of carbonyl (C=O) groups excluding carboxylic acids is 1. The molecule has 4 nitrogen and oxygen atoms in total. The standard InChI is InChI=1S/C15H22N2O2/c1-11(5-4-10-18)16-15(19)17-14-9-8-12-6-2-3-7-13(12)14/h2-3,6-7,11,14,18H,4-5,8-10H2,1H3,(H2,16,17,19). The number of benzene rings is 1. The molecule has 4 heteroatoms. The molecule has 2 rings (SSSR count). The fourth-order valence-electron chi connectivity index (χ4n) is 2.60. The molecule has 19 heavy (non-hydrogen) atoms. The first-order chi connectivity index (χ1) is 9.20. The van der Waals surface area contributed by atoms with Crippen molar-refractivity contribution in [2.45, 2.75) is 44.7 Å². The van der Waals surface area contributed by atoms with Gasteiger partial charge in [0.25, 0.3) is 0 Å². The topological polar surface area (TPSA) is 61.4 Å². The van der Waals surface area contributed by atoms with Crippen LogP contribution in [0.1, 0.15) is 43.4 Å². The number of aliphatic hydroxyl groups excluding tert-OH is 1. The summed E-state index contributed by atoms with van der Waals surface area (Å²) in [6, 6.07) is 8.36. The fourth-order valence-corrected chi connectivity index (χ4v) is 2.60. The Labute approximate surface area is 114 Å². The summed E-state index contributed by atoms with van der Waals surface area (Å²) in [6.45, 7) is 2.13. The number of fused-ring (bicyclic) bond motifs is 1. The van der Waals surface area contributed by atoms with Gasteiger partial charge in [0, 0.05) is 12.6 Å². The molecule has 0 aromatic heterocycles. The summed E-state index contributed by atoms with van der Waals surface area (Å²) in [6.07, 6.45) is 3.51. The molecule has 1 aromatic rings. The Morgan fingerprint density at radius 3 is 3.05 bits per heavy atom. The number of rotatable bonds is 5. The number of nitrogens with one attached hydrogen (secondary N) is 2. The Morgan fingerprint density at radius 1 is 1.47 bits per heavy atom. The minimum absolute atomic E-state index is 0.0868. The minimum atomic E-state index is -0.118. The van der Waals surface area contributed by atoms with Crippen LogP contribution in [-0.4, -0.2) is 23.8 Å². The van der Waals surface area contributed by atoms with Gasteiger partial charge in [-0.1, -0.05) is 24.3 Å². The highest BCUT2D eigenvalue weighted by Crippen LogP contribution is 2.30. The summed E-state index contributed by atoms with van der Waals surface area (Å²) >= 11 is 0. The van der Waals surface area contributed by atoms with Gasteiger partial charge in [0.1, 0.15) is 0 Å². The van der Waals surface area contributed by atoms with Gasteiger partial charge in [-0.05, 0) is 43.7 Å². The van der Waals surface area contributed by atoms with Crippen LogP contribution in [0.5, 0.6) is 0 Å². The first-order valence-electron chi connectivity index (χ1n) is 6.96. The van der Waals surface area contributed by atoms with Gasteiger partial charge in [-0.25, -0.2) is 4.79 Å². The molecule has 0 radical (unpaired) electrons. The summed E-state index contributed by atoms with van der Waals surface area (Å²) < 4.78 is 0. The second kappa shape index (κ2) is 6.57. The summed E-state index contributed by atoms with van der Waals surface area (Å²) in [7, 11) is 0. The number of amides is 2. The van der Waals surface area contributed by atoms with E-state index in [4.69, 9.17) is 5.11 Å². The Hall–Kier alpha value is -1.55. The highest BCUT2D eigenvalue weighted by atomic mass is 16.3. The maximum Gasteiger partial charge on any atom is 0.315 e. The van der Waals surface area contributed by atoms with Crippen molar-refractivity contribution >= 4 is 6.03 Å². The molecule has 1 aliphatic carbocycles. The summed E-state index contributed by atoms with van der Waals surface area (Å²) in [5.41, 5.74) is 2.57. The molecular formula is C15H22N2O2. The van der Waals surface area contributed by atoms with Crippen LogP contribution in [0.2, 0.25) is 0 Å². The van der Waals surface area contributed by atoms with E-state index in [0.29, 0.717) is 6.42 Å². The highest BCUT2D eigenvalue weighted by Gasteiger charge is 2.23. The molecule has 104 valence electrons. The lowest BCUT2D eigenvalue weighted by molar-refractivity contribution is 0.230. The van der Waals surface area contributed by atoms with Crippen LogP contribution in [0.4, 0.5) is 4.79 Å². The number of aliphatic hydroxyl groups is 1. The van der Waals surface area contributed by atoms with E-state index in [9.17, 15) is 4.79 Å². The van der Waals surface area contributed by atoms with Crippen LogP contribution >= 0.6 is 0 Å². The lowest BCUT2D eigenvalue weighted by Crippen LogP contribution is -2.42. The minimum Gasteiger partial charge on any atom is -0.396 e. The van der Waals surface area contributed by atoms with Crippen molar-refractivity contribution in [3.8, 4) is 0 Å². The predicted molar refractivity (Wildman–Crippen MR) is 75.0 cm³/mol. The van der Waals surface area contributed by atoms with E-state index in [-0.39, 0.29) is 24.7 Å². The van der Waals surface area contributed by atoms with Gasteiger partial charge < -0.3 is 15.7 Å². The summed E-state index contributed by atoms with van der Waals surface area (Å²) in [5, 5.41) is 14.7. The van der Waals surface area contributed by atoms with Crippen molar-refractivity contribution in [3.05, 3.63) is 35.4 Å². The van der Waals surface area contributed by atoms with E-state index in [1.807, 2.05) is 19.1 Å². The van der Waals surface area contributed by atoms with Crippen molar-refractivity contribution in [2.75, 3.05) is 6.61 Å². The third-order valence-corrected chi connectivity index (χ3v) is 3.61. The van der Waals surface area contributed by atoms with Gasteiger partial charge in [-0.2, -0.15) is 0 Å². The average molecular weight is 262 g/mol. The molecule has 1 aromatic carbocycles. The number of carbonyl (C=O) groups is 1. The number of urea groups is 1. The van der Waals surface area contributed by atoms with E-state index >= 15 is 0 Å². The molecule has 2 unspecified atom stereocenters. The normalized spacial score (nSPS) is 18.7. The molecular weight excluding hydrogens is 240 g/mol. The van der Waals surface area contributed by atoms with Crippen LogP contribution in [-0.2, 0) is 6.42 Å². The van der Waals surface area contributed by atoms with Crippen LogP contribution in [0.25, 0.3) is 0 Å². The monoisotopic (exact) mass is 262 g/mol. The van der Waals surface area contributed by atoms with Gasteiger partial charge in [0.05, 0.1) is 6.04 Å². The van der Waals surface area contributed by atoms with Crippen molar-refractivity contribution in [3.63, 3.8) is 0 Å². The third-order valence-electron chi connectivity index (χ3n) is 3.61. The first-order valence-corrected chi connectivity index (χ1v) is 6.96. The van der Waals surface area contributed by atoms with Crippen LogP contribution < -0.4 is 10.6 Å². The lowest BCUT2D eigenvalue weighted by atomic mass is 10.1. The van der Waals surface area contributed by atoms with Gasteiger partial charge in [0.2, 0.25) is 0 Å². The first kappa shape index (κ1) is 13.9. The van der Waals surface area contributed by atoms with Gasteiger partial charge >= 0.3 is 6.03 Å². The van der Waals surface area contributed by atoms with Crippen LogP contribution in [0, 0.1) is 0 Å². The Bertz CT molecular complexity index is 434. The molecule has 0 saturated carbocycles. The number of hydrogen-bond donors (Lipinski definition) is 3. The Morgan fingerprint density at radius 2 is 2.26 bits per heavy atom. The van der Waals surface area contributed by atoms with Crippen molar-refractivity contribution < 1.29 is 9.90 Å². The second-order valence-corrected chi connectivity index (χ2v) is 5.17. The largest absolute Gasteiger partial charge is 0.396 e. The van der Waals surface area contributed by atoms with Crippen molar-refractivity contribution in [1.29, 1.82) is 0 Å². The maximum atomic E-state index is 11.9.